The van der Waals surface area contributed by atoms with Crippen molar-refractivity contribution in [1.82, 2.24) is 15.1 Å². The summed E-state index contributed by atoms with van der Waals surface area (Å²) in [5, 5.41) is 7.77. The predicted octanol–water partition coefficient (Wildman–Crippen LogP) is 2.85. The Bertz CT molecular complexity index is 549. The molecule has 0 saturated carbocycles. The first-order chi connectivity index (χ1) is 9.04. The molecule has 1 heterocycles. The molecular weight excluding hydrogens is 234 g/mol. The zero-order valence-corrected chi connectivity index (χ0v) is 12.5. The first-order valence-corrected chi connectivity index (χ1v) is 6.75. The maximum atomic E-state index is 4.35. The molecule has 1 aromatic heterocycles. The molecule has 0 amide bonds. The Morgan fingerprint density at radius 1 is 1.21 bits per heavy atom. The van der Waals surface area contributed by atoms with E-state index in [1.807, 2.05) is 25.0 Å². The third-order valence-electron chi connectivity index (χ3n) is 4.05. The maximum absolute atomic E-state index is 4.35. The fraction of sp³-hybridized carbons (Fsp3) is 0.438. The van der Waals surface area contributed by atoms with Gasteiger partial charge >= 0.3 is 0 Å². The Labute approximate surface area is 115 Å². The van der Waals surface area contributed by atoms with E-state index in [2.05, 4.69) is 49.4 Å². The summed E-state index contributed by atoms with van der Waals surface area (Å²) in [4.78, 5) is 0. The fourth-order valence-electron chi connectivity index (χ4n) is 2.60. The average molecular weight is 257 g/mol. The van der Waals surface area contributed by atoms with Crippen LogP contribution in [0.4, 0.5) is 0 Å². The quantitative estimate of drug-likeness (QED) is 0.912. The number of nitrogens with one attached hydrogen (secondary N) is 1. The molecule has 3 nitrogen and oxygen atoms in total. The Hall–Kier alpha value is -1.61. The van der Waals surface area contributed by atoms with Crippen LogP contribution in [0.5, 0.6) is 0 Å². The van der Waals surface area contributed by atoms with Crippen LogP contribution in [-0.2, 0) is 13.5 Å². The molecule has 0 aliphatic rings. The largest absolute Gasteiger partial charge is 0.313 e. The number of rotatable bonds is 4. The van der Waals surface area contributed by atoms with Crippen molar-refractivity contribution in [2.45, 2.75) is 33.2 Å². The van der Waals surface area contributed by atoms with E-state index >= 15 is 0 Å². The first-order valence-electron chi connectivity index (χ1n) is 6.75. The minimum atomic E-state index is 0.313. The van der Waals surface area contributed by atoms with E-state index < -0.39 is 0 Å². The summed E-state index contributed by atoms with van der Waals surface area (Å²) in [5.41, 5.74) is 6.67. The summed E-state index contributed by atoms with van der Waals surface area (Å²) in [6.07, 6.45) is 2.98. The smallest absolute Gasteiger partial charge is 0.0540 e. The van der Waals surface area contributed by atoms with Crippen molar-refractivity contribution >= 4 is 0 Å². The molecule has 0 radical (unpaired) electrons. The number of nitrogens with zero attached hydrogens (tertiary/aromatic N) is 2. The van der Waals surface area contributed by atoms with Gasteiger partial charge in [0.25, 0.3) is 0 Å². The standard InChI is InChI=1S/C16H23N3/c1-11-7-6-8-12(2)14(11)9-16(17-4)15-10-18-19(5)13(15)3/h6-8,10,16-17H,9H2,1-5H3. The van der Waals surface area contributed by atoms with Crippen LogP contribution in [0.1, 0.15) is 34.0 Å². The Morgan fingerprint density at radius 2 is 1.84 bits per heavy atom. The van der Waals surface area contributed by atoms with E-state index in [1.54, 1.807) is 0 Å². The molecule has 0 bridgehead atoms. The Kier molecular flexibility index (Phi) is 4.05. The minimum Gasteiger partial charge on any atom is -0.313 e. The highest BCUT2D eigenvalue weighted by Gasteiger charge is 2.17. The van der Waals surface area contributed by atoms with Crippen molar-refractivity contribution in [2.24, 2.45) is 7.05 Å². The molecule has 0 aliphatic carbocycles. The number of aromatic nitrogens is 2. The van der Waals surface area contributed by atoms with E-state index in [4.69, 9.17) is 0 Å². The van der Waals surface area contributed by atoms with E-state index in [-0.39, 0.29) is 0 Å². The molecule has 2 aromatic rings. The van der Waals surface area contributed by atoms with Gasteiger partial charge in [0.2, 0.25) is 0 Å². The number of hydrogen-bond acceptors (Lipinski definition) is 2. The third kappa shape index (κ3) is 2.71. The lowest BCUT2D eigenvalue weighted by atomic mass is 9.93. The second-order valence-corrected chi connectivity index (χ2v) is 5.22. The number of likely N-dealkylation sites (N-methyl/N-ethyl adjacent to an activating group) is 1. The van der Waals surface area contributed by atoms with Crippen LogP contribution >= 0.6 is 0 Å². The van der Waals surface area contributed by atoms with Crippen molar-refractivity contribution in [3.05, 3.63) is 52.3 Å². The molecule has 1 aromatic carbocycles. The van der Waals surface area contributed by atoms with Crippen molar-refractivity contribution in [3.63, 3.8) is 0 Å². The van der Waals surface area contributed by atoms with Crippen molar-refractivity contribution in [1.29, 1.82) is 0 Å². The number of benzene rings is 1. The lowest BCUT2D eigenvalue weighted by Crippen LogP contribution is -2.20. The van der Waals surface area contributed by atoms with E-state index in [0.717, 1.165) is 6.42 Å². The molecule has 0 spiro atoms. The van der Waals surface area contributed by atoms with Gasteiger partial charge in [0.15, 0.2) is 0 Å². The van der Waals surface area contributed by atoms with Crippen LogP contribution in [0, 0.1) is 20.8 Å². The summed E-state index contributed by atoms with van der Waals surface area (Å²) < 4.78 is 1.93. The summed E-state index contributed by atoms with van der Waals surface area (Å²) in [6, 6.07) is 6.81. The molecule has 3 heteroatoms. The third-order valence-corrected chi connectivity index (χ3v) is 4.05. The SMILES string of the molecule is CNC(Cc1c(C)cccc1C)c1cnn(C)c1C. The van der Waals surface area contributed by atoms with Crippen LogP contribution in [0.15, 0.2) is 24.4 Å². The average Bonchev–Trinajstić information content (AvgIpc) is 2.71. The molecule has 102 valence electrons. The molecule has 1 N–H and O–H groups in total. The predicted molar refractivity (Wildman–Crippen MR) is 79.4 cm³/mol. The summed E-state index contributed by atoms with van der Waals surface area (Å²) in [7, 11) is 4.01. The van der Waals surface area contributed by atoms with Gasteiger partial charge in [-0.2, -0.15) is 5.10 Å². The van der Waals surface area contributed by atoms with E-state index in [9.17, 15) is 0 Å². The fourth-order valence-corrected chi connectivity index (χ4v) is 2.60. The molecule has 1 atom stereocenters. The van der Waals surface area contributed by atoms with Gasteiger partial charge in [-0.25, -0.2) is 0 Å². The molecule has 0 aliphatic heterocycles. The van der Waals surface area contributed by atoms with Crippen LogP contribution in [0.25, 0.3) is 0 Å². The Balaban J connectivity index is 2.32. The van der Waals surface area contributed by atoms with Gasteiger partial charge in [0.1, 0.15) is 0 Å². The molecule has 19 heavy (non-hydrogen) atoms. The molecule has 1 unspecified atom stereocenters. The van der Waals surface area contributed by atoms with Gasteiger partial charge in [-0.3, -0.25) is 4.68 Å². The van der Waals surface area contributed by atoms with Gasteiger partial charge in [-0.1, -0.05) is 18.2 Å². The van der Waals surface area contributed by atoms with Crippen LogP contribution in [-0.4, -0.2) is 16.8 Å². The second kappa shape index (κ2) is 5.57. The summed E-state index contributed by atoms with van der Waals surface area (Å²) in [6.45, 7) is 6.49. The monoisotopic (exact) mass is 257 g/mol. The topological polar surface area (TPSA) is 29.9 Å². The van der Waals surface area contributed by atoms with Gasteiger partial charge in [0.05, 0.1) is 6.20 Å². The number of aryl methyl sites for hydroxylation is 3. The highest BCUT2D eigenvalue weighted by molar-refractivity contribution is 5.35. The maximum Gasteiger partial charge on any atom is 0.0540 e. The first kappa shape index (κ1) is 13.8. The molecule has 2 rings (SSSR count). The summed E-state index contributed by atoms with van der Waals surface area (Å²) >= 11 is 0. The molecule has 0 saturated heterocycles. The van der Waals surface area contributed by atoms with Crippen molar-refractivity contribution < 1.29 is 0 Å². The lowest BCUT2D eigenvalue weighted by Gasteiger charge is -2.19. The van der Waals surface area contributed by atoms with Gasteiger partial charge in [-0.05, 0) is 50.9 Å². The molecular formula is C16H23N3. The van der Waals surface area contributed by atoms with Gasteiger partial charge in [-0.15, -0.1) is 0 Å². The van der Waals surface area contributed by atoms with Gasteiger partial charge < -0.3 is 5.32 Å². The highest BCUT2D eigenvalue weighted by Crippen LogP contribution is 2.24. The van der Waals surface area contributed by atoms with Crippen molar-refractivity contribution in [2.75, 3.05) is 7.05 Å². The molecule has 0 fully saturated rings. The van der Waals surface area contributed by atoms with Crippen molar-refractivity contribution in [3.8, 4) is 0 Å². The minimum absolute atomic E-state index is 0.313. The Morgan fingerprint density at radius 3 is 2.32 bits per heavy atom. The van der Waals surface area contributed by atoms with Crippen LogP contribution in [0.2, 0.25) is 0 Å². The lowest BCUT2D eigenvalue weighted by molar-refractivity contribution is 0.584. The second-order valence-electron chi connectivity index (χ2n) is 5.22. The van der Waals surface area contributed by atoms with E-state index in [1.165, 1.54) is 27.9 Å². The van der Waals surface area contributed by atoms with Crippen LogP contribution < -0.4 is 5.32 Å². The zero-order valence-electron chi connectivity index (χ0n) is 12.5. The van der Waals surface area contributed by atoms with Gasteiger partial charge in [0, 0.05) is 24.3 Å². The normalized spacial score (nSPS) is 12.7. The number of hydrogen-bond donors (Lipinski definition) is 1. The zero-order chi connectivity index (χ0) is 14.0. The van der Waals surface area contributed by atoms with Crippen LogP contribution in [0.3, 0.4) is 0 Å². The van der Waals surface area contributed by atoms with E-state index in [0.29, 0.717) is 6.04 Å². The summed E-state index contributed by atoms with van der Waals surface area (Å²) in [5.74, 6) is 0. The highest BCUT2D eigenvalue weighted by atomic mass is 15.3.